The van der Waals surface area contributed by atoms with E-state index in [4.69, 9.17) is 9.47 Å². The van der Waals surface area contributed by atoms with E-state index < -0.39 is 5.54 Å². The predicted octanol–water partition coefficient (Wildman–Crippen LogP) is 3.44. The van der Waals surface area contributed by atoms with Crippen molar-refractivity contribution in [3.05, 3.63) is 66.0 Å². The van der Waals surface area contributed by atoms with Crippen LogP contribution in [0.25, 0.3) is 6.08 Å². The van der Waals surface area contributed by atoms with Gasteiger partial charge in [0.15, 0.2) is 5.54 Å². The average molecular weight is 491 g/mol. The Balaban J connectivity index is 1.29. The molecule has 0 radical (unpaired) electrons. The second-order valence-corrected chi connectivity index (χ2v) is 9.72. The average Bonchev–Trinajstić information content (AvgIpc) is 3.53. The quantitative estimate of drug-likeness (QED) is 0.571. The highest BCUT2D eigenvalue weighted by atomic mass is 16.5. The molecule has 2 aromatic rings. The molecule has 0 spiro atoms. The maximum Gasteiger partial charge on any atom is 0.325 e. The Kier molecular flexibility index (Phi) is 7.34. The lowest BCUT2D eigenvalue weighted by molar-refractivity contribution is -0.135. The number of aromatic nitrogens is 1. The van der Waals surface area contributed by atoms with Crippen LogP contribution in [0.1, 0.15) is 36.9 Å². The Labute approximate surface area is 212 Å². The number of para-hydroxylation sites is 1. The molecule has 3 amide bonds. The van der Waals surface area contributed by atoms with Gasteiger partial charge in [-0.3, -0.25) is 19.6 Å². The molecule has 36 heavy (non-hydrogen) atoms. The predicted molar refractivity (Wildman–Crippen MR) is 136 cm³/mol. The monoisotopic (exact) mass is 490 g/mol. The number of pyridine rings is 1. The summed E-state index contributed by atoms with van der Waals surface area (Å²) in [5.41, 5.74) is 0.540. The van der Waals surface area contributed by atoms with Crippen molar-refractivity contribution >= 4 is 18.0 Å². The van der Waals surface area contributed by atoms with E-state index in [0.717, 1.165) is 56.6 Å². The summed E-state index contributed by atoms with van der Waals surface area (Å²) in [6.45, 7) is 3.47. The Bertz CT molecular complexity index is 1090. The van der Waals surface area contributed by atoms with Crippen molar-refractivity contribution in [3.63, 3.8) is 0 Å². The van der Waals surface area contributed by atoms with E-state index in [9.17, 15) is 9.59 Å². The summed E-state index contributed by atoms with van der Waals surface area (Å²) in [6, 6.07) is 13.2. The number of rotatable bonds is 8. The minimum absolute atomic E-state index is 0.0345. The lowest BCUT2D eigenvalue weighted by Gasteiger charge is -2.40. The molecule has 1 N–H and O–H groups in total. The van der Waals surface area contributed by atoms with Crippen LogP contribution in [0.5, 0.6) is 5.75 Å². The number of hydrogen-bond acceptors (Lipinski definition) is 6. The number of benzene rings is 1. The molecule has 4 heterocycles. The third-order valence-electron chi connectivity index (χ3n) is 7.61. The highest BCUT2D eigenvalue weighted by Gasteiger charge is 2.58. The van der Waals surface area contributed by atoms with Crippen LogP contribution in [0.3, 0.4) is 0 Å². The summed E-state index contributed by atoms with van der Waals surface area (Å²) in [7, 11) is 1.68. The Morgan fingerprint density at radius 3 is 2.67 bits per heavy atom. The molecule has 0 saturated carbocycles. The van der Waals surface area contributed by atoms with Gasteiger partial charge in [-0.15, -0.1) is 0 Å². The van der Waals surface area contributed by atoms with Crippen LogP contribution in [0.15, 0.2) is 54.7 Å². The van der Waals surface area contributed by atoms with Crippen LogP contribution in [0.2, 0.25) is 0 Å². The number of methoxy groups -OCH3 is 1. The van der Waals surface area contributed by atoms with Crippen molar-refractivity contribution in [2.45, 2.75) is 37.3 Å². The van der Waals surface area contributed by atoms with Crippen molar-refractivity contribution in [1.82, 2.24) is 20.1 Å². The number of hydrogen-bond donors (Lipinski definition) is 1. The van der Waals surface area contributed by atoms with Crippen LogP contribution in [-0.2, 0) is 15.1 Å². The lowest BCUT2D eigenvalue weighted by Crippen LogP contribution is -2.54. The van der Waals surface area contributed by atoms with Gasteiger partial charge in [-0.2, -0.15) is 0 Å². The molecule has 2 atom stereocenters. The summed E-state index contributed by atoms with van der Waals surface area (Å²) in [5, 5.41) is 3.09. The minimum atomic E-state index is -1.13. The Morgan fingerprint density at radius 2 is 1.94 bits per heavy atom. The largest absolute Gasteiger partial charge is 0.496 e. The number of piperidine rings is 1. The zero-order chi connectivity index (χ0) is 25.0. The van der Waals surface area contributed by atoms with E-state index in [1.54, 1.807) is 13.3 Å². The SMILES string of the molecule is COc1ccccc1/C=C/CN1CCC([C@@]2(c3ccccn3)NC(=O)N(C[C@@H]3CCCO3)C2=O)CC1. The first kappa shape index (κ1) is 24.5. The maximum absolute atomic E-state index is 13.9. The van der Waals surface area contributed by atoms with E-state index in [1.165, 1.54) is 4.90 Å². The molecular formula is C28H34N4O4. The summed E-state index contributed by atoms with van der Waals surface area (Å²) >= 11 is 0. The molecule has 5 rings (SSSR count). The number of carbonyl (C=O) groups excluding carboxylic acids is 2. The second-order valence-electron chi connectivity index (χ2n) is 9.72. The van der Waals surface area contributed by atoms with E-state index in [2.05, 4.69) is 27.4 Å². The second kappa shape index (κ2) is 10.8. The van der Waals surface area contributed by atoms with Gasteiger partial charge in [0, 0.05) is 24.9 Å². The van der Waals surface area contributed by atoms with Gasteiger partial charge in [-0.25, -0.2) is 4.79 Å². The molecule has 8 heteroatoms. The van der Waals surface area contributed by atoms with Gasteiger partial charge >= 0.3 is 6.03 Å². The van der Waals surface area contributed by atoms with Crippen LogP contribution in [-0.4, -0.2) is 72.7 Å². The molecule has 190 valence electrons. The molecule has 1 aromatic carbocycles. The fourth-order valence-corrected chi connectivity index (χ4v) is 5.69. The van der Waals surface area contributed by atoms with Gasteiger partial charge in [0.2, 0.25) is 0 Å². The number of imide groups is 1. The molecular weight excluding hydrogens is 456 g/mol. The fraction of sp³-hybridized carbons (Fsp3) is 0.464. The first-order chi connectivity index (χ1) is 17.6. The van der Waals surface area contributed by atoms with Gasteiger partial charge < -0.3 is 14.8 Å². The Morgan fingerprint density at radius 1 is 1.14 bits per heavy atom. The third kappa shape index (κ3) is 4.75. The zero-order valence-electron chi connectivity index (χ0n) is 20.8. The molecule has 8 nitrogen and oxygen atoms in total. The molecule has 1 aromatic heterocycles. The Hall–Kier alpha value is -3.23. The van der Waals surface area contributed by atoms with Crippen molar-refractivity contribution < 1.29 is 19.1 Å². The highest BCUT2D eigenvalue weighted by molar-refractivity contribution is 6.07. The van der Waals surface area contributed by atoms with Crippen LogP contribution < -0.4 is 10.1 Å². The van der Waals surface area contributed by atoms with Gasteiger partial charge in [-0.05, 0) is 62.9 Å². The van der Waals surface area contributed by atoms with Gasteiger partial charge in [0.25, 0.3) is 5.91 Å². The van der Waals surface area contributed by atoms with Gasteiger partial charge in [-0.1, -0.05) is 36.4 Å². The van der Waals surface area contributed by atoms with Gasteiger partial charge in [0.05, 0.1) is 25.5 Å². The number of carbonyl (C=O) groups is 2. The van der Waals surface area contributed by atoms with Crippen LogP contribution in [0, 0.1) is 5.92 Å². The number of amides is 3. The van der Waals surface area contributed by atoms with Crippen molar-refractivity contribution in [3.8, 4) is 5.75 Å². The van der Waals surface area contributed by atoms with E-state index >= 15 is 0 Å². The molecule has 3 aliphatic heterocycles. The normalized spacial score (nSPS) is 25.6. The molecule has 3 aliphatic rings. The first-order valence-corrected chi connectivity index (χ1v) is 12.8. The van der Waals surface area contributed by atoms with E-state index in [1.807, 2.05) is 42.5 Å². The zero-order valence-corrected chi connectivity index (χ0v) is 20.8. The van der Waals surface area contributed by atoms with Crippen LogP contribution in [0.4, 0.5) is 4.79 Å². The standard InChI is InChI=1S/C28H34N4O4/c1-35-24-11-3-2-8-21(24)9-6-16-31-17-13-22(14-18-31)28(25-12-4-5-15-29-25)26(33)32(27(34)30-28)20-23-10-7-19-36-23/h2-6,8-9,11-12,15,22-23H,7,10,13-14,16-20H2,1H3,(H,30,34)/b9-6+/t23-,28-/m0/s1. The molecule has 0 unspecified atom stereocenters. The highest BCUT2D eigenvalue weighted by Crippen LogP contribution is 2.41. The summed E-state index contributed by atoms with van der Waals surface area (Å²) in [4.78, 5) is 35.3. The van der Waals surface area contributed by atoms with Crippen molar-refractivity contribution in [1.29, 1.82) is 0 Å². The van der Waals surface area contributed by atoms with Crippen molar-refractivity contribution in [2.75, 3.05) is 39.9 Å². The number of urea groups is 1. The number of likely N-dealkylation sites (tertiary alicyclic amines) is 1. The summed E-state index contributed by atoms with van der Waals surface area (Å²) < 4.78 is 11.2. The molecule has 3 saturated heterocycles. The lowest BCUT2D eigenvalue weighted by atomic mass is 9.75. The smallest absolute Gasteiger partial charge is 0.325 e. The first-order valence-electron chi connectivity index (χ1n) is 12.8. The minimum Gasteiger partial charge on any atom is -0.496 e. The van der Waals surface area contributed by atoms with Gasteiger partial charge in [0.1, 0.15) is 5.75 Å². The van der Waals surface area contributed by atoms with E-state index in [0.29, 0.717) is 18.8 Å². The molecule has 0 bridgehead atoms. The molecule has 3 fully saturated rings. The van der Waals surface area contributed by atoms with Crippen molar-refractivity contribution in [2.24, 2.45) is 5.92 Å². The number of nitrogens with one attached hydrogen (secondary N) is 1. The topological polar surface area (TPSA) is 84.0 Å². The third-order valence-corrected chi connectivity index (χ3v) is 7.61. The fourth-order valence-electron chi connectivity index (χ4n) is 5.69. The van der Waals surface area contributed by atoms with E-state index in [-0.39, 0.29) is 24.0 Å². The molecule has 0 aliphatic carbocycles. The number of nitrogens with zero attached hydrogens (tertiary/aromatic N) is 3. The summed E-state index contributed by atoms with van der Waals surface area (Å²) in [6.07, 6.45) is 9.26. The van der Waals surface area contributed by atoms with Crippen LogP contribution >= 0.6 is 0 Å². The number of ether oxygens (including phenoxy) is 2. The summed E-state index contributed by atoms with van der Waals surface area (Å²) in [5.74, 6) is 0.622. The maximum atomic E-state index is 13.9.